The highest BCUT2D eigenvalue weighted by Gasteiger charge is 2.30. The number of esters is 1. The maximum Gasteiger partial charge on any atom is 0.343 e. The average Bonchev–Trinajstić information content (AvgIpc) is 2.92. The molecular weight excluding hydrogens is 298 g/mol. The summed E-state index contributed by atoms with van der Waals surface area (Å²) >= 11 is 0. The van der Waals surface area contributed by atoms with E-state index in [0.29, 0.717) is 18.0 Å². The van der Waals surface area contributed by atoms with Crippen molar-refractivity contribution in [3.63, 3.8) is 0 Å². The van der Waals surface area contributed by atoms with E-state index in [1.54, 1.807) is 17.8 Å². The Bertz CT molecular complexity index is 754. The normalized spacial score (nSPS) is 16.4. The summed E-state index contributed by atoms with van der Waals surface area (Å²) in [5, 5.41) is 7.04. The van der Waals surface area contributed by atoms with Gasteiger partial charge in [0.2, 0.25) is 5.91 Å². The molecule has 1 aliphatic heterocycles. The van der Waals surface area contributed by atoms with Gasteiger partial charge in [0.1, 0.15) is 5.75 Å². The van der Waals surface area contributed by atoms with Gasteiger partial charge in [-0.2, -0.15) is 5.10 Å². The van der Waals surface area contributed by atoms with Gasteiger partial charge in [0.25, 0.3) is 0 Å². The minimum Gasteiger partial charge on any atom is -0.482 e. The van der Waals surface area contributed by atoms with Crippen LogP contribution in [0, 0.1) is 0 Å². The molecule has 1 aliphatic rings. The molecule has 7 nitrogen and oxygen atoms in total. The highest BCUT2D eigenvalue weighted by molar-refractivity contribution is 5.94. The lowest BCUT2D eigenvalue weighted by Crippen LogP contribution is -2.23. The third-order valence-electron chi connectivity index (χ3n) is 3.75. The van der Waals surface area contributed by atoms with Gasteiger partial charge in [-0.05, 0) is 6.07 Å². The number of amides is 1. The van der Waals surface area contributed by atoms with E-state index in [9.17, 15) is 9.59 Å². The van der Waals surface area contributed by atoms with E-state index in [-0.39, 0.29) is 18.4 Å². The van der Waals surface area contributed by atoms with Gasteiger partial charge in [-0.3, -0.25) is 9.48 Å². The summed E-state index contributed by atoms with van der Waals surface area (Å²) in [4.78, 5) is 23.3. The van der Waals surface area contributed by atoms with Crippen molar-refractivity contribution >= 4 is 17.7 Å². The predicted molar refractivity (Wildman–Crippen MR) is 82.3 cm³/mol. The van der Waals surface area contributed by atoms with Crippen LogP contribution < -0.4 is 10.1 Å². The summed E-state index contributed by atoms with van der Waals surface area (Å²) in [7, 11) is 3.12. The number of hydrogen-bond donors (Lipinski definition) is 1. The van der Waals surface area contributed by atoms with Crippen molar-refractivity contribution in [1.82, 2.24) is 9.78 Å². The second kappa shape index (κ2) is 6.12. The number of nitrogens with one attached hydrogen (secondary N) is 1. The highest BCUT2D eigenvalue weighted by atomic mass is 16.6. The molecule has 0 bridgehead atoms. The Balaban J connectivity index is 1.95. The molecular formula is C16H17N3O4. The Kier molecular flexibility index (Phi) is 4.01. The van der Waals surface area contributed by atoms with Crippen LogP contribution in [0.3, 0.4) is 0 Å². The third-order valence-corrected chi connectivity index (χ3v) is 3.75. The lowest BCUT2D eigenvalue weighted by molar-refractivity contribution is -0.142. The van der Waals surface area contributed by atoms with E-state index in [1.165, 1.54) is 7.11 Å². The number of carbonyl (C=O) groups is 2. The van der Waals surface area contributed by atoms with Crippen LogP contribution in [0.1, 0.15) is 23.5 Å². The van der Waals surface area contributed by atoms with Gasteiger partial charge in [0.05, 0.1) is 7.11 Å². The van der Waals surface area contributed by atoms with Crippen molar-refractivity contribution in [2.24, 2.45) is 7.05 Å². The monoisotopic (exact) mass is 315 g/mol. The van der Waals surface area contributed by atoms with Gasteiger partial charge in [-0.15, -0.1) is 0 Å². The Labute approximate surface area is 133 Å². The zero-order valence-electron chi connectivity index (χ0n) is 12.9. The van der Waals surface area contributed by atoms with Crippen LogP contribution in [-0.2, 0) is 21.4 Å². The first-order valence-corrected chi connectivity index (χ1v) is 7.20. The molecule has 1 unspecified atom stereocenters. The Morgan fingerprint density at radius 1 is 1.39 bits per heavy atom. The lowest BCUT2D eigenvalue weighted by atomic mass is 9.87. The first kappa shape index (κ1) is 15.1. The summed E-state index contributed by atoms with van der Waals surface area (Å²) in [6, 6.07) is 7.37. The number of aromatic nitrogens is 2. The standard InChI is InChI=1S/C16H17N3O4/c1-19-8-12-11(7-14(20)17-16(12)18-19)10-5-3-4-6-13(10)23-9-15(21)22-2/h3-6,8,11H,7,9H2,1-2H3,(H,17,18,20). The molecule has 2 aromatic rings. The molecule has 120 valence electrons. The summed E-state index contributed by atoms with van der Waals surface area (Å²) in [5.41, 5.74) is 1.78. The van der Waals surface area contributed by atoms with E-state index >= 15 is 0 Å². The van der Waals surface area contributed by atoms with Gasteiger partial charge < -0.3 is 14.8 Å². The average molecular weight is 315 g/mol. The zero-order chi connectivity index (χ0) is 16.4. The number of hydrogen-bond acceptors (Lipinski definition) is 5. The molecule has 1 N–H and O–H groups in total. The smallest absolute Gasteiger partial charge is 0.343 e. The second-order valence-corrected chi connectivity index (χ2v) is 5.31. The molecule has 0 fully saturated rings. The Hall–Kier alpha value is -2.83. The molecule has 7 heteroatoms. The van der Waals surface area contributed by atoms with Crippen LogP contribution >= 0.6 is 0 Å². The molecule has 3 rings (SSSR count). The van der Waals surface area contributed by atoms with Crippen molar-refractivity contribution in [2.45, 2.75) is 12.3 Å². The minimum atomic E-state index is -0.455. The second-order valence-electron chi connectivity index (χ2n) is 5.31. The number of nitrogens with zero attached hydrogens (tertiary/aromatic N) is 2. The van der Waals surface area contributed by atoms with Crippen LogP contribution in [0.5, 0.6) is 5.75 Å². The number of ether oxygens (including phenoxy) is 2. The molecule has 2 heterocycles. The first-order valence-electron chi connectivity index (χ1n) is 7.20. The maximum atomic E-state index is 12.0. The molecule has 0 saturated heterocycles. The molecule has 0 saturated carbocycles. The predicted octanol–water partition coefficient (Wildman–Crippen LogP) is 1.45. The molecule has 1 amide bonds. The molecule has 1 atom stereocenters. The molecule has 0 aliphatic carbocycles. The molecule has 0 spiro atoms. The van der Waals surface area contributed by atoms with Gasteiger partial charge in [0, 0.05) is 36.7 Å². The number of methoxy groups -OCH3 is 1. The van der Waals surface area contributed by atoms with Crippen molar-refractivity contribution < 1.29 is 19.1 Å². The van der Waals surface area contributed by atoms with E-state index < -0.39 is 5.97 Å². The van der Waals surface area contributed by atoms with E-state index in [0.717, 1.165) is 11.1 Å². The van der Waals surface area contributed by atoms with Gasteiger partial charge >= 0.3 is 5.97 Å². The molecule has 1 aromatic carbocycles. The van der Waals surface area contributed by atoms with Crippen molar-refractivity contribution in [3.05, 3.63) is 41.6 Å². The number of fused-ring (bicyclic) bond motifs is 1. The quantitative estimate of drug-likeness (QED) is 0.863. The number of benzene rings is 1. The van der Waals surface area contributed by atoms with Crippen LogP contribution in [-0.4, -0.2) is 35.4 Å². The maximum absolute atomic E-state index is 12.0. The van der Waals surface area contributed by atoms with Crippen LogP contribution in [0.2, 0.25) is 0 Å². The summed E-state index contributed by atoms with van der Waals surface area (Å²) in [5.74, 6) is 0.414. The lowest BCUT2D eigenvalue weighted by Gasteiger charge is -2.23. The zero-order valence-corrected chi connectivity index (χ0v) is 12.9. The van der Waals surface area contributed by atoms with Gasteiger partial charge in [-0.1, -0.05) is 18.2 Å². The summed E-state index contributed by atoms with van der Waals surface area (Å²) < 4.78 is 11.8. The molecule has 0 radical (unpaired) electrons. The largest absolute Gasteiger partial charge is 0.482 e. The summed E-state index contributed by atoms with van der Waals surface area (Å²) in [6.07, 6.45) is 2.19. The number of anilines is 1. The fraction of sp³-hybridized carbons (Fsp3) is 0.312. The van der Waals surface area contributed by atoms with Gasteiger partial charge in [-0.25, -0.2) is 4.79 Å². The fourth-order valence-electron chi connectivity index (χ4n) is 2.71. The topological polar surface area (TPSA) is 82.4 Å². The van der Waals surface area contributed by atoms with Crippen molar-refractivity contribution in [2.75, 3.05) is 19.0 Å². The van der Waals surface area contributed by atoms with E-state index in [2.05, 4.69) is 15.2 Å². The van der Waals surface area contributed by atoms with Crippen LogP contribution in [0.15, 0.2) is 30.5 Å². The molecule has 1 aromatic heterocycles. The fourth-order valence-corrected chi connectivity index (χ4v) is 2.71. The van der Waals surface area contributed by atoms with E-state index in [1.807, 2.05) is 24.4 Å². The van der Waals surface area contributed by atoms with Crippen LogP contribution in [0.4, 0.5) is 5.82 Å². The Morgan fingerprint density at radius 2 is 2.17 bits per heavy atom. The third kappa shape index (κ3) is 3.03. The van der Waals surface area contributed by atoms with Crippen molar-refractivity contribution in [1.29, 1.82) is 0 Å². The first-order chi connectivity index (χ1) is 11.1. The Morgan fingerprint density at radius 3 is 2.96 bits per heavy atom. The number of rotatable bonds is 4. The van der Waals surface area contributed by atoms with E-state index in [4.69, 9.17) is 4.74 Å². The van der Waals surface area contributed by atoms with Gasteiger partial charge in [0.15, 0.2) is 12.4 Å². The number of carbonyl (C=O) groups excluding carboxylic acids is 2. The number of para-hydroxylation sites is 1. The molecule has 23 heavy (non-hydrogen) atoms. The highest BCUT2D eigenvalue weighted by Crippen LogP contribution is 2.39. The summed E-state index contributed by atoms with van der Waals surface area (Å²) in [6.45, 7) is -0.174. The number of aryl methyl sites for hydroxylation is 1. The minimum absolute atomic E-state index is 0.0935. The van der Waals surface area contributed by atoms with Crippen molar-refractivity contribution in [3.8, 4) is 5.75 Å². The van der Waals surface area contributed by atoms with Crippen LogP contribution in [0.25, 0.3) is 0 Å². The SMILES string of the molecule is COC(=O)COc1ccccc1C1CC(=O)Nc2nn(C)cc21.